The SMILES string of the molecule is COc1cc(C(=O)c2nc3c(Cl)cccc3c(=O)[nH]2)cc(OC)c1OC. The first-order chi connectivity index (χ1) is 12.5. The lowest BCUT2D eigenvalue weighted by atomic mass is 10.1. The minimum atomic E-state index is -0.511. The van der Waals surface area contributed by atoms with E-state index in [2.05, 4.69) is 9.97 Å². The van der Waals surface area contributed by atoms with E-state index >= 15 is 0 Å². The van der Waals surface area contributed by atoms with Crippen LogP contribution in [0.25, 0.3) is 10.9 Å². The van der Waals surface area contributed by atoms with Crippen molar-refractivity contribution in [1.29, 1.82) is 0 Å². The van der Waals surface area contributed by atoms with E-state index in [1.165, 1.54) is 33.5 Å². The van der Waals surface area contributed by atoms with E-state index in [9.17, 15) is 9.59 Å². The Morgan fingerprint density at radius 3 is 2.31 bits per heavy atom. The summed E-state index contributed by atoms with van der Waals surface area (Å²) in [5.74, 6) is 0.343. The number of para-hydroxylation sites is 1. The third-order valence-corrected chi connectivity index (χ3v) is 4.13. The summed E-state index contributed by atoms with van der Waals surface area (Å²) in [5, 5.41) is 0.589. The van der Waals surface area contributed by atoms with Gasteiger partial charge in [0.2, 0.25) is 11.5 Å². The molecule has 0 aliphatic heterocycles. The number of hydrogen-bond acceptors (Lipinski definition) is 6. The minimum Gasteiger partial charge on any atom is -0.493 e. The molecule has 1 N–H and O–H groups in total. The van der Waals surface area contributed by atoms with Gasteiger partial charge in [-0.25, -0.2) is 4.98 Å². The summed E-state index contributed by atoms with van der Waals surface area (Å²) >= 11 is 6.10. The predicted molar refractivity (Wildman–Crippen MR) is 96.9 cm³/mol. The van der Waals surface area contributed by atoms with Gasteiger partial charge in [0.05, 0.1) is 37.3 Å². The van der Waals surface area contributed by atoms with Gasteiger partial charge >= 0.3 is 0 Å². The normalized spacial score (nSPS) is 10.6. The molecule has 8 heteroatoms. The summed E-state index contributed by atoms with van der Waals surface area (Å²) in [6, 6.07) is 7.80. The first-order valence-corrected chi connectivity index (χ1v) is 7.91. The number of hydrogen-bond donors (Lipinski definition) is 1. The summed E-state index contributed by atoms with van der Waals surface area (Å²) in [6.07, 6.45) is 0. The fourth-order valence-electron chi connectivity index (χ4n) is 2.58. The number of carbonyl (C=O) groups excluding carboxylic acids is 1. The van der Waals surface area contributed by atoms with Crippen molar-refractivity contribution in [2.24, 2.45) is 0 Å². The molecule has 134 valence electrons. The van der Waals surface area contributed by atoms with Gasteiger partial charge in [-0.3, -0.25) is 9.59 Å². The number of ether oxygens (including phenoxy) is 3. The Hall–Kier alpha value is -3.06. The van der Waals surface area contributed by atoms with Crippen LogP contribution in [0, 0.1) is 0 Å². The predicted octanol–water partition coefficient (Wildman–Crippen LogP) is 2.83. The lowest BCUT2D eigenvalue weighted by molar-refractivity contribution is 0.102. The molecule has 0 fully saturated rings. The number of rotatable bonds is 5. The fourth-order valence-corrected chi connectivity index (χ4v) is 2.80. The number of carbonyl (C=O) groups is 1. The van der Waals surface area contributed by atoms with Crippen LogP contribution in [0.4, 0.5) is 0 Å². The molecule has 0 atom stereocenters. The maximum atomic E-state index is 12.9. The Morgan fingerprint density at radius 1 is 1.08 bits per heavy atom. The van der Waals surface area contributed by atoms with Gasteiger partial charge in [-0.05, 0) is 24.3 Å². The molecule has 0 aliphatic carbocycles. The van der Waals surface area contributed by atoms with E-state index in [-0.39, 0.29) is 21.9 Å². The van der Waals surface area contributed by atoms with Crippen LogP contribution in [0.2, 0.25) is 5.02 Å². The number of methoxy groups -OCH3 is 3. The highest BCUT2D eigenvalue weighted by Crippen LogP contribution is 2.38. The topological polar surface area (TPSA) is 90.5 Å². The van der Waals surface area contributed by atoms with Crippen molar-refractivity contribution < 1.29 is 19.0 Å². The summed E-state index contributed by atoms with van der Waals surface area (Å²) in [5.41, 5.74) is 0.0241. The van der Waals surface area contributed by atoms with Crippen LogP contribution >= 0.6 is 11.6 Å². The minimum absolute atomic E-state index is 0.134. The number of nitrogens with zero attached hydrogens (tertiary/aromatic N) is 1. The number of aromatic amines is 1. The van der Waals surface area contributed by atoms with Crippen LogP contribution in [0.15, 0.2) is 35.1 Å². The van der Waals surface area contributed by atoms with Crippen LogP contribution in [0.1, 0.15) is 16.2 Å². The van der Waals surface area contributed by atoms with Gasteiger partial charge < -0.3 is 19.2 Å². The zero-order valence-electron chi connectivity index (χ0n) is 14.3. The third kappa shape index (κ3) is 2.97. The highest BCUT2D eigenvalue weighted by atomic mass is 35.5. The van der Waals surface area contributed by atoms with E-state index in [1.807, 2.05) is 0 Å². The summed E-state index contributed by atoms with van der Waals surface area (Å²) in [7, 11) is 4.36. The average Bonchev–Trinajstić information content (AvgIpc) is 2.66. The molecule has 0 saturated carbocycles. The van der Waals surface area contributed by atoms with Crippen LogP contribution in [-0.4, -0.2) is 37.1 Å². The Labute approximate surface area is 153 Å². The molecule has 2 aromatic carbocycles. The average molecular weight is 375 g/mol. The second-order valence-electron chi connectivity index (χ2n) is 5.29. The molecule has 0 spiro atoms. The number of halogens is 1. The lowest BCUT2D eigenvalue weighted by Crippen LogP contribution is -2.17. The molecule has 0 unspecified atom stereocenters. The molecule has 1 heterocycles. The smallest absolute Gasteiger partial charge is 0.259 e. The maximum absolute atomic E-state index is 12.9. The van der Waals surface area contributed by atoms with Crippen LogP contribution < -0.4 is 19.8 Å². The Morgan fingerprint density at radius 2 is 1.73 bits per heavy atom. The molecule has 0 radical (unpaired) electrons. The molecule has 0 saturated heterocycles. The number of fused-ring (bicyclic) bond motifs is 1. The molecule has 0 amide bonds. The van der Waals surface area contributed by atoms with Crippen LogP contribution in [-0.2, 0) is 0 Å². The monoisotopic (exact) mass is 374 g/mol. The van der Waals surface area contributed by atoms with Crippen molar-refractivity contribution in [2.75, 3.05) is 21.3 Å². The standard InChI is InChI=1S/C18H15ClN2O5/c1-24-12-7-9(8-13(25-2)16(12)26-3)15(22)17-20-14-10(18(23)21-17)5-4-6-11(14)19/h4-8H,1-3H3,(H,20,21,23). The number of nitrogens with one attached hydrogen (secondary N) is 1. The molecule has 0 aliphatic rings. The number of ketones is 1. The van der Waals surface area contributed by atoms with Crippen molar-refractivity contribution in [2.45, 2.75) is 0 Å². The van der Waals surface area contributed by atoms with Crippen molar-refractivity contribution in [3.8, 4) is 17.2 Å². The lowest BCUT2D eigenvalue weighted by Gasteiger charge is -2.13. The quantitative estimate of drug-likeness (QED) is 0.690. The highest BCUT2D eigenvalue weighted by molar-refractivity contribution is 6.35. The molecular weight excluding hydrogens is 360 g/mol. The third-order valence-electron chi connectivity index (χ3n) is 3.83. The Bertz CT molecular complexity index is 1040. The van der Waals surface area contributed by atoms with Crippen molar-refractivity contribution in [1.82, 2.24) is 9.97 Å². The summed E-state index contributed by atoms with van der Waals surface area (Å²) in [6.45, 7) is 0. The van der Waals surface area contributed by atoms with Gasteiger partial charge in [0.15, 0.2) is 17.3 Å². The van der Waals surface area contributed by atoms with E-state index in [0.717, 1.165) is 0 Å². The second-order valence-corrected chi connectivity index (χ2v) is 5.70. The first kappa shape index (κ1) is 17.8. The van der Waals surface area contributed by atoms with Gasteiger partial charge in [-0.15, -0.1) is 0 Å². The molecular formula is C18H15ClN2O5. The van der Waals surface area contributed by atoms with E-state index in [1.54, 1.807) is 18.2 Å². The number of aromatic nitrogens is 2. The first-order valence-electron chi connectivity index (χ1n) is 7.53. The van der Waals surface area contributed by atoms with E-state index in [0.29, 0.717) is 22.6 Å². The maximum Gasteiger partial charge on any atom is 0.259 e. The largest absolute Gasteiger partial charge is 0.493 e. The van der Waals surface area contributed by atoms with Crippen molar-refractivity contribution in [3.05, 3.63) is 57.1 Å². The fraction of sp³-hybridized carbons (Fsp3) is 0.167. The van der Waals surface area contributed by atoms with Gasteiger partial charge in [0, 0.05) is 5.56 Å². The molecule has 0 bridgehead atoms. The van der Waals surface area contributed by atoms with Crippen LogP contribution in [0.5, 0.6) is 17.2 Å². The second kappa shape index (κ2) is 7.05. The van der Waals surface area contributed by atoms with Gasteiger partial charge in [0.25, 0.3) is 5.56 Å². The van der Waals surface area contributed by atoms with E-state index < -0.39 is 11.3 Å². The molecule has 1 aromatic heterocycles. The van der Waals surface area contributed by atoms with Crippen molar-refractivity contribution in [3.63, 3.8) is 0 Å². The van der Waals surface area contributed by atoms with E-state index in [4.69, 9.17) is 25.8 Å². The van der Waals surface area contributed by atoms with Crippen LogP contribution in [0.3, 0.4) is 0 Å². The van der Waals surface area contributed by atoms with Crippen molar-refractivity contribution >= 4 is 28.3 Å². The zero-order chi connectivity index (χ0) is 18.8. The summed E-state index contributed by atoms with van der Waals surface area (Å²) in [4.78, 5) is 31.8. The number of H-pyrrole nitrogens is 1. The number of benzene rings is 2. The Balaban J connectivity index is 2.17. The zero-order valence-corrected chi connectivity index (χ0v) is 15.0. The van der Waals surface area contributed by atoms with Gasteiger partial charge in [-0.2, -0.15) is 0 Å². The molecule has 3 rings (SSSR count). The Kier molecular flexibility index (Phi) is 4.81. The molecule has 3 aromatic rings. The molecule has 26 heavy (non-hydrogen) atoms. The van der Waals surface area contributed by atoms with Gasteiger partial charge in [0.1, 0.15) is 0 Å². The highest BCUT2D eigenvalue weighted by Gasteiger charge is 2.20. The van der Waals surface area contributed by atoms with Gasteiger partial charge in [-0.1, -0.05) is 17.7 Å². The summed E-state index contributed by atoms with van der Waals surface area (Å²) < 4.78 is 15.7. The molecule has 7 nitrogen and oxygen atoms in total.